The highest BCUT2D eigenvalue weighted by molar-refractivity contribution is 5.91. The lowest BCUT2D eigenvalue weighted by Gasteiger charge is -2.10. The van der Waals surface area contributed by atoms with Crippen molar-refractivity contribution in [3.05, 3.63) is 95.3 Å². The van der Waals surface area contributed by atoms with E-state index in [9.17, 15) is 9.59 Å². The van der Waals surface area contributed by atoms with E-state index in [1.165, 1.54) is 0 Å². The van der Waals surface area contributed by atoms with Gasteiger partial charge in [-0.1, -0.05) is 24.3 Å². The molecule has 0 saturated heterocycles. The number of carbonyl (C=O) groups excluding carboxylic acids is 2. The molecule has 7 rings (SSSR count). The van der Waals surface area contributed by atoms with Crippen molar-refractivity contribution in [2.45, 2.75) is 57.8 Å². The van der Waals surface area contributed by atoms with E-state index in [0.717, 1.165) is 79.0 Å². The number of hydrogen-bond acceptors (Lipinski definition) is 8. The minimum absolute atomic E-state index is 0.160. The van der Waals surface area contributed by atoms with E-state index in [1.54, 1.807) is 12.1 Å². The van der Waals surface area contributed by atoms with Gasteiger partial charge in [-0.15, -0.1) is 10.2 Å². The van der Waals surface area contributed by atoms with Crippen LogP contribution in [0.1, 0.15) is 54.6 Å². The van der Waals surface area contributed by atoms with Crippen LogP contribution in [0, 0.1) is 0 Å². The molecule has 222 valence electrons. The Balaban J connectivity index is 1.20. The van der Waals surface area contributed by atoms with E-state index in [-0.39, 0.29) is 24.7 Å². The van der Waals surface area contributed by atoms with Gasteiger partial charge in [0.1, 0.15) is 11.5 Å². The highest BCUT2D eigenvalue weighted by Gasteiger charge is 2.09. The number of aryl methyl sites for hydroxylation is 2. The first-order valence-electron chi connectivity index (χ1n) is 14.8. The SMILES string of the molecule is O=C1Cc2cccc(c2)OCCCCCOc2cccc(c2)CC(=O)Nc2ccc(nn2)CCCCc2ccc(nn2)N1. The summed E-state index contributed by atoms with van der Waals surface area (Å²) in [5.41, 5.74) is 3.45. The number of nitrogens with zero attached hydrogens (tertiary/aromatic N) is 4. The number of anilines is 2. The van der Waals surface area contributed by atoms with Crippen LogP contribution >= 0.6 is 0 Å². The first kappa shape index (κ1) is 29.6. The van der Waals surface area contributed by atoms with Crippen molar-refractivity contribution in [1.29, 1.82) is 0 Å². The molecule has 2 aromatic carbocycles. The molecule has 0 atom stereocenters. The third kappa shape index (κ3) is 9.88. The molecule has 10 heteroatoms. The number of ether oxygens (including phenoxy) is 2. The van der Waals surface area contributed by atoms with E-state index in [1.807, 2.05) is 60.7 Å². The number of benzene rings is 2. The van der Waals surface area contributed by atoms with Crippen molar-refractivity contribution in [2.24, 2.45) is 0 Å². The predicted molar refractivity (Wildman–Crippen MR) is 163 cm³/mol. The van der Waals surface area contributed by atoms with Gasteiger partial charge in [-0.2, -0.15) is 10.2 Å². The van der Waals surface area contributed by atoms with E-state index >= 15 is 0 Å². The molecule has 3 aliphatic heterocycles. The molecular weight excluding hydrogens is 544 g/mol. The quantitative estimate of drug-likeness (QED) is 0.293. The maximum atomic E-state index is 12.6. The Morgan fingerprint density at radius 1 is 0.535 bits per heavy atom. The molecule has 0 saturated carbocycles. The lowest BCUT2D eigenvalue weighted by molar-refractivity contribution is -0.116. The Labute approximate surface area is 251 Å². The third-order valence-electron chi connectivity index (χ3n) is 6.94. The number of rotatable bonds is 0. The maximum absolute atomic E-state index is 12.6. The molecular formula is C33H36N6O4. The summed E-state index contributed by atoms with van der Waals surface area (Å²) in [6.45, 7) is 1.16. The normalized spacial score (nSPS) is 15.7. The molecule has 0 unspecified atom stereocenters. The van der Waals surface area contributed by atoms with Crippen LogP contribution in [0.5, 0.6) is 11.5 Å². The first-order chi connectivity index (χ1) is 21.1. The largest absolute Gasteiger partial charge is 0.494 e. The van der Waals surface area contributed by atoms with Crippen molar-refractivity contribution in [2.75, 3.05) is 23.8 Å². The summed E-state index contributed by atoms with van der Waals surface area (Å²) >= 11 is 0. The van der Waals surface area contributed by atoms with Crippen LogP contribution in [0.3, 0.4) is 0 Å². The molecule has 0 aliphatic carbocycles. The number of fused-ring (bicyclic) bond motifs is 2. The molecule has 10 nitrogen and oxygen atoms in total. The van der Waals surface area contributed by atoms with Crippen LogP contribution in [0.15, 0.2) is 72.8 Å². The lowest BCUT2D eigenvalue weighted by Crippen LogP contribution is -2.16. The van der Waals surface area contributed by atoms with Crippen molar-refractivity contribution >= 4 is 23.5 Å². The van der Waals surface area contributed by atoms with Gasteiger partial charge in [0.05, 0.1) is 37.4 Å². The van der Waals surface area contributed by atoms with Gasteiger partial charge in [0.15, 0.2) is 11.6 Å². The highest BCUT2D eigenvalue weighted by Crippen LogP contribution is 2.17. The second kappa shape index (κ2) is 15.4. The molecule has 8 bridgehead atoms. The van der Waals surface area contributed by atoms with E-state index < -0.39 is 0 Å². The van der Waals surface area contributed by atoms with Crippen molar-refractivity contribution < 1.29 is 19.1 Å². The number of nitrogens with one attached hydrogen (secondary N) is 2. The van der Waals surface area contributed by atoms with Crippen LogP contribution in [-0.2, 0) is 35.3 Å². The summed E-state index contributed by atoms with van der Waals surface area (Å²) in [4.78, 5) is 25.2. The maximum Gasteiger partial charge on any atom is 0.229 e. The summed E-state index contributed by atoms with van der Waals surface area (Å²) in [5.74, 6) is 2.01. The first-order valence-corrected chi connectivity index (χ1v) is 14.8. The molecule has 5 heterocycles. The highest BCUT2D eigenvalue weighted by atomic mass is 16.5. The Morgan fingerprint density at radius 3 is 1.47 bits per heavy atom. The molecule has 2 aromatic heterocycles. The van der Waals surface area contributed by atoms with Crippen LogP contribution in [0.25, 0.3) is 0 Å². The minimum atomic E-state index is -0.160. The Morgan fingerprint density at radius 2 is 1.02 bits per heavy atom. The summed E-state index contributed by atoms with van der Waals surface area (Å²) < 4.78 is 11.8. The summed E-state index contributed by atoms with van der Waals surface area (Å²) in [5, 5.41) is 22.5. The van der Waals surface area contributed by atoms with Crippen LogP contribution in [-0.4, -0.2) is 45.4 Å². The van der Waals surface area contributed by atoms with Crippen molar-refractivity contribution in [1.82, 2.24) is 20.4 Å². The monoisotopic (exact) mass is 580 g/mol. The number of aromatic nitrogens is 4. The van der Waals surface area contributed by atoms with E-state index in [2.05, 4.69) is 31.0 Å². The van der Waals surface area contributed by atoms with Gasteiger partial charge in [0, 0.05) is 0 Å². The fraction of sp³-hybridized carbons (Fsp3) is 0.333. The molecule has 0 spiro atoms. The Kier molecular flexibility index (Phi) is 10.6. The average molecular weight is 581 g/mol. The summed E-state index contributed by atoms with van der Waals surface area (Å²) in [7, 11) is 0. The third-order valence-corrected chi connectivity index (χ3v) is 6.94. The fourth-order valence-corrected chi connectivity index (χ4v) is 4.73. The second-order valence-electron chi connectivity index (χ2n) is 10.5. The number of hydrogen-bond donors (Lipinski definition) is 2. The summed E-state index contributed by atoms with van der Waals surface area (Å²) in [6.07, 6.45) is 6.48. The zero-order valence-corrected chi connectivity index (χ0v) is 24.1. The van der Waals surface area contributed by atoms with Crippen molar-refractivity contribution in [3.63, 3.8) is 0 Å². The minimum Gasteiger partial charge on any atom is -0.494 e. The molecule has 3 aliphatic rings. The topological polar surface area (TPSA) is 128 Å². The van der Waals surface area contributed by atoms with Gasteiger partial charge in [-0.25, -0.2) is 0 Å². The van der Waals surface area contributed by atoms with Crippen molar-refractivity contribution in [3.8, 4) is 11.5 Å². The van der Waals surface area contributed by atoms with Crippen LogP contribution < -0.4 is 20.1 Å². The molecule has 2 N–H and O–H groups in total. The van der Waals surface area contributed by atoms with Gasteiger partial charge in [-0.05, 0) is 105 Å². The van der Waals surface area contributed by atoms with Gasteiger partial charge < -0.3 is 20.1 Å². The van der Waals surface area contributed by atoms with E-state index in [0.29, 0.717) is 24.8 Å². The van der Waals surface area contributed by atoms with Gasteiger partial charge >= 0.3 is 0 Å². The van der Waals surface area contributed by atoms with E-state index in [4.69, 9.17) is 9.47 Å². The molecule has 2 amide bonds. The fourth-order valence-electron chi connectivity index (χ4n) is 4.73. The van der Waals surface area contributed by atoms with Gasteiger partial charge in [-0.3, -0.25) is 9.59 Å². The summed E-state index contributed by atoms with van der Waals surface area (Å²) in [6, 6.07) is 22.5. The standard InChI is InChI=1S/C33H36N6O4/c40-32-22-24-8-6-12-28(20-24)42-18-4-1-5-19-43-29-13-7-9-25(21-29)23-33(41)35-31-17-15-27(37-39-31)11-3-2-10-26-14-16-30(34-32)38-36-26/h6-9,12-17,20-21H,1-5,10-11,18-19,22-23H2,(H,34,38,40)(H,35,39,41). The Bertz CT molecular complexity index is 1380. The smallest absolute Gasteiger partial charge is 0.229 e. The van der Waals surface area contributed by atoms with Crippen LogP contribution in [0.4, 0.5) is 11.6 Å². The predicted octanol–water partition coefficient (Wildman–Crippen LogP) is 5.14. The zero-order valence-electron chi connectivity index (χ0n) is 24.1. The number of amides is 2. The average Bonchev–Trinajstić information content (AvgIpc) is 3.00. The molecule has 0 fully saturated rings. The number of carbonyl (C=O) groups is 2. The van der Waals surface area contributed by atoms with Crippen LogP contribution in [0.2, 0.25) is 0 Å². The Hall–Kier alpha value is -4.86. The van der Waals surface area contributed by atoms with Gasteiger partial charge in [0.2, 0.25) is 11.8 Å². The molecule has 0 radical (unpaired) electrons. The molecule has 4 aromatic rings. The lowest BCUT2D eigenvalue weighted by atomic mass is 10.1. The second-order valence-corrected chi connectivity index (χ2v) is 10.5. The zero-order chi connectivity index (χ0) is 29.7. The molecule has 43 heavy (non-hydrogen) atoms. The van der Waals surface area contributed by atoms with Gasteiger partial charge in [0.25, 0.3) is 0 Å².